The van der Waals surface area contributed by atoms with Crippen LogP contribution in [0.1, 0.15) is 17.3 Å². The smallest absolute Gasteiger partial charge is 0.284 e. The quantitative estimate of drug-likeness (QED) is 0.446. The van der Waals surface area contributed by atoms with E-state index in [0.29, 0.717) is 29.3 Å². The zero-order valence-electron chi connectivity index (χ0n) is 16.7. The molecular weight excluding hydrogens is 396 g/mol. The van der Waals surface area contributed by atoms with Gasteiger partial charge < -0.3 is 14.0 Å². The lowest BCUT2D eigenvalue weighted by atomic mass is 10.0. The fraction of sp³-hybridized carbons (Fsp3) is 0.167. The van der Waals surface area contributed by atoms with Crippen LogP contribution in [0.5, 0.6) is 11.5 Å². The number of benzene rings is 3. The summed E-state index contributed by atoms with van der Waals surface area (Å²) >= 11 is 1.40. The number of hydrogen-bond donors (Lipinski definition) is 0. The van der Waals surface area contributed by atoms with E-state index in [4.69, 9.17) is 15.9 Å². The second-order valence-corrected chi connectivity index (χ2v) is 7.53. The first kappa shape index (κ1) is 19.7. The van der Waals surface area contributed by atoms with Crippen molar-refractivity contribution in [2.45, 2.75) is 13.5 Å². The van der Waals surface area contributed by atoms with E-state index in [-0.39, 0.29) is 5.91 Å². The Morgan fingerprint density at radius 3 is 2.80 bits per heavy atom. The minimum Gasteiger partial charge on any atom is -0.497 e. The van der Waals surface area contributed by atoms with E-state index in [0.717, 1.165) is 26.7 Å². The van der Waals surface area contributed by atoms with Gasteiger partial charge in [-0.15, -0.1) is 6.42 Å². The summed E-state index contributed by atoms with van der Waals surface area (Å²) in [7, 11) is 1.62. The minimum absolute atomic E-state index is 0.312. The number of amides is 1. The molecular formula is C24H20N2O3S. The summed E-state index contributed by atoms with van der Waals surface area (Å²) in [6, 6.07) is 17.2. The van der Waals surface area contributed by atoms with Gasteiger partial charge >= 0.3 is 0 Å². The van der Waals surface area contributed by atoms with E-state index < -0.39 is 0 Å². The molecule has 3 aromatic carbocycles. The molecule has 0 unspecified atom stereocenters. The molecule has 0 fully saturated rings. The van der Waals surface area contributed by atoms with Crippen LogP contribution in [0, 0.1) is 12.3 Å². The average Bonchev–Trinajstić information content (AvgIpc) is 3.10. The van der Waals surface area contributed by atoms with Gasteiger partial charge in [-0.05, 0) is 42.0 Å². The zero-order chi connectivity index (χ0) is 21.1. The fourth-order valence-corrected chi connectivity index (χ4v) is 4.46. The summed E-state index contributed by atoms with van der Waals surface area (Å²) in [6.07, 6.45) is 5.58. The van der Waals surface area contributed by atoms with Crippen LogP contribution >= 0.6 is 11.3 Å². The van der Waals surface area contributed by atoms with Crippen molar-refractivity contribution in [1.29, 1.82) is 0 Å². The largest absolute Gasteiger partial charge is 0.497 e. The van der Waals surface area contributed by atoms with Gasteiger partial charge in [-0.3, -0.25) is 4.79 Å². The maximum absolute atomic E-state index is 13.4. The van der Waals surface area contributed by atoms with E-state index in [2.05, 4.69) is 10.9 Å². The van der Waals surface area contributed by atoms with Gasteiger partial charge in [0.2, 0.25) is 0 Å². The molecule has 0 aliphatic heterocycles. The average molecular weight is 417 g/mol. The molecule has 4 aromatic rings. The molecule has 4 rings (SSSR count). The lowest BCUT2D eigenvalue weighted by Gasteiger charge is -2.10. The van der Waals surface area contributed by atoms with Gasteiger partial charge in [-0.1, -0.05) is 47.6 Å². The third-order valence-electron chi connectivity index (χ3n) is 4.74. The number of methoxy groups -OCH3 is 1. The van der Waals surface area contributed by atoms with Crippen LogP contribution in [-0.2, 0) is 6.54 Å². The molecule has 0 N–H and O–H groups in total. The van der Waals surface area contributed by atoms with Crippen LogP contribution in [-0.4, -0.2) is 24.2 Å². The summed E-state index contributed by atoms with van der Waals surface area (Å²) < 4.78 is 13.9. The van der Waals surface area contributed by atoms with Crippen molar-refractivity contribution < 1.29 is 14.3 Å². The maximum Gasteiger partial charge on any atom is 0.284 e. The number of fused-ring (bicyclic) bond motifs is 2. The molecule has 0 spiro atoms. The second kappa shape index (κ2) is 8.44. The molecule has 0 atom stereocenters. The van der Waals surface area contributed by atoms with E-state index >= 15 is 0 Å². The van der Waals surface area contributed by atoms with E-state index in [1.165, 1.54) is 11.3 Å². The van der Waals surface area contributed by atoms with E-state index in [9.17, 15) is 4.79 Å². The minimum atomic E-state index is -0.362. The van der Waals surface area contributed by atoms with Crippen molar-refractivity contribution >= 4 is 38.2 Å². The van der Waals surface area contributed by atoms with Crippen LogP contribution in [0.25, 0.3) is 21.0 Å². The first-order chi connectivity index (χ1) is 14.7. The highest BCUT2D eigenvalue weighted by Gasteiger charge is 2.17. The summed E-state index contributed by atoms with van der Waals surface area (Å²) in [4.78, 5) is 18.3. The summed E-state index contributed by atoms with van der Waals surface area (Å²) in [6.45, 7) is 2.66. The third kappa shape index (κ3) is 3.56. The predicted octanol–water partition coefficient (Wildman–Crippen LogP) is 4.64. The van der Waals surface area contributed by atoms with Crippen molar-refractivity contribution in [1.82, 2.24) is 4.57 Å². The Hall–Kier alpha value is -3.56. The zero-order valence-corrected chi connectivity index (χ0v) is 17.5. The van der Waals surface area contributed by atoms with Crippen LogP contribution in [0.2, 0.25) is 0 Å². The molecule has 1 amide bonds. The number of aromatic nitrogens is 1. The normalized spacial score (nSPS) is 11.6. The van der Waals surface area contributed by atoms with Gasteiger partial charge in [0.05, 0.1) is 36.0 Å². The van der Waals surface area contributed by atoms with Gasteiger partial charge in [0.15, 0.2) is 4.80 Å². The Bertz CT molecular complexity index is 1360. The number of thiazole rings is 1. The summed E-state index contributed by atoms with van der Waals surface area (Å²) in [5.74, 6) is 3.55. The molecule has 0 saturated carbocycles. The summed E-state index contributed by atoms with van der Waals surface area (Å²) in [5, 5.41) is 1.76. The topological polar surface area (TPSA) is 52.8 Å². The lowest BCUT2D eigenvalue weighted by Crippen LogP contribution is -2.17. The van der Waals surface area contributed by atoms with Crippen LogP contribution in [0.15, 0.2) is 59.6 Å². The lowest BCUT2D eigenvalue weighted by molar-refractivity contribution is 0.0996. The van der Waals surface area contributed by atoms with Crippen molar-refractivity contribution in [3.63, 3.8) is 0 Å². The molecule has 0 saturated heterocycles. The summed E-state index contributed by atoms with van der Waals surface area (Å²) in [5.41, 5.74) is 1.37. The van der Waals surface area contributed by atoms with Crippen LogP contribution < -0.4 is 14.3 Å². The monoisotopic (exact) mass is 416 g/mol. The number of terminal acetylenes is 1. The first-order valence-corrected chi connectivity index (χ1v) is 10.3. The Kier molecular flexibility index (Phi) is 5.55. The number of nitrogens with zero attached hydrogens (tertiary/aromatic N) is 2. The highest BCUT2D eigenvalue weighted by atomic mass is 32.1. The highest BCUT2D eigenvalue weighted by Crippen LogP contribution is 2.29. The van der Waals surface area contributed by atoms with Gasteiger partial charge in [-0.2, -0.15) is 4.99 Å². The molecule has 0 aliphatic rings. The van der Waals surface area contributed by atoms with Gasteiger partial charge in [-0.25, -0.2) is 0 Å². The van der Waals surface area contributed by atoms with Crippen LogP contribution in [0.4, 0.5) is 0 Å². The van der Waals surface area contributed by atoms with Gasteiger partial charge in [0.25, 0.3) is 5.91 Å². The number of hydrogen-bond acceptors (Lipinski definition) is 4. The SMILES string of the molecule is C#CCn1c(=NC(=O)c2c(OCC)ccc3ccccc23)sc2cc(OC)ccc21. The second-order valence-electron chi connectivity index (χ2n) is 6.52. The number of carbonyl (C=O) groups excluding carboxylic acids is 1. The molecule has 30 heavy (non-hydrogen) atoms. The van der Waals surface area contributed by atoms with Gasteiger partial charge in [0.1, 0.15) is 11.5 Å². The Morgan fingerprint density at radius 2 is 2.03 bits per heavy atom. The molecule has 1 heterocycles. The number of ether oxygens (including phenoxy) is 2. The van der Waals surface area contributed by atoms with E-state index in [1.807, 2.05) is 66.1 Å². The number of carbonyl (C=O) groups is 1. The molecule has 0 bridgehead atoms. The maximum atomic E-state index is 13.4. The predicted molar refractivity (Wildman–Crippen MR) is 120 cm³/mol. The molecule has 0 radical (unpaired) electrons. The van der Waals surface area contributed by atoms with Crippen LogP contribution in [0.3, 0.4) is 0 Å². The Morgan fingerprint density at radius 1 is 1.20 bits per heavy atom. The molecule has 150 valence electrons. The highest BCUT2D eigenvalue weighted by molar-refractivity contribution is 7.16. The molecule has 1 aromatic heterocycles. The van der Waals surface area contributed by atoms with Crippen molar-refractivity contribution in [2.24, 2.45) is 4.99 Å². The van der Waals surface area contributed by atoms with Gasteiger partial charge in [0, 0.05) is 0 Å². The first-order valence-electron chi connectivity index (χ1n) is 9.50. The standard InChI is InChI=1S/C24H20N2O3S/c1-4-14-26-19-12-11-17(28-3)15-21(19)30-24(26)25-23(27)22-18-9-7-6-8-16(18)10-13-20(22)29-5-2/h1,6-13,15H,5,14H2,2-3H3. The van der Waals surface area contributed by atoms with Crippen molar-refractivity contribution in [3.8, 4) is 23.8 Å². The molecule has 0 aliphatic carbocycles. The molecule has 6 heteroatoms. The Balaban J connectivity index is 1.93. The van der Waals surface area contributed by atoms with Crippen molar-refractivity contribution in [3.05, 3.63) is 65.0 Å². The fourth-order valence-electron chi connectivity index (χ4n) is 3.40. The number of rotatable bonds is 5. The third-order valence-corrected chi connectivity index (χ3v) is 5.78. The molecule has 5 nitrogen and oxygen atoms in total. The van der Waals surface area contributed by atoms with Crippen molar-refractivity contribution in [2.75, 3.05) is 13.7 Å². The van der Waals surface area contributed by atoms with E-state index in [1.54, 1.807) is 7.11 Å². The Labute approximate surface area is 178 Å².